The molecule has 0 fully saturated rings. The highest BCUT2D eigenvalue weighted by Gasteiger charge is 2.39. The van der Waals surface area contributed by atoms with Crippen LogP contribution in [0.25, 0.3) is 0 Å². The Hall–Kier alpha value is -4.41. The fraction of sp³-hybridized carbons (Fsp3) is 0.553. The van der Waals surface area contributed by atoms with Gasteiger partial charge in [-0.15, -0.1) is 0 Å². The number of carbonyl (C=O) groups excluding carboxylic acids is 5. The highest BCUT2D eigenvalue weighted by Crippen LogP contribution is 2.28. The lowest BCUT2D eigenvalue weighted by atomic mass is 9.95. The maximum Gasteiger partial charge on any atom is 0.408 e. The third-order valence-electron chi connectivity index (χ3n) is 7.53. The van der Waals surface area contributed by atoms with Gasteiger partial charge in [-0.25, -0.2) is 9.59 Å². The number of ether oxygens (including phenoxy) is 2. The molecule has 0 bridgehead atoms. The third kappa shape index (κ3) is 14.3. The summed E-state index contributed by atoms with van der Waals surface area (Å²) in [6.07, 6.45) is 1.20. The number of nitrogens with zero attached hydrogens (tertiary/aromatic N) is 1. The number of nitrogens with two attached hydrogens (primary N) is 1. The van der Waals surface area contributed by atoms with E-state index in [1.54, 1.807) is 41.5 Å². The number of aryl methyl sites for hydroxylation is 2. The van der Waals surface area contributed by atoms with Crippen LogP contribution < -0.4 is 16.4 Å². The van der Waals surface area contributed by atoms with Crippen molar-refractivity contribution in [1.29, 1.82) is 0 Å². The van der Waals surface area contributed by atoms with E-state index in [0.717, 1.165) is 29.5 Å². The second kappa shape index (κ2) is 18.4. The SMILES string of the molecule is CCCCCN(C(=O)C(CCC(N)=O)NC(=O)OC(C)(C)C)C(C(=O)NC(Cc1ccccc1)C(=O)OC(C)(C)C)c1cc(C)ccc1C. The van der Waals surface area contributed by atoms with Gasteiger partial charge < -0.3 is 30.7 Å². The molecule has 0 spiro atoms. The standard InChI is InChI=1S/C38H56N4O7/c1-10-11-15-22-42(34(45)29(20-21-31(39)43)41-36(47)49-38(7,8)9)32(28-23-25(2)18-19-26(28)3)33(44)40-30(35(46)48-37(4,5)6)24-27-16-13-12-14-17-27/h12-14,16-19,23,29-30,32H,10-11,15,20-22,24H2,1-9H3,(H2,39,43)(H,40,44)(H,41,47). The minimum Gasteiger partial charge on any atom is -0.458 e. The van der Waals surface area contributed by atoms with Crippen LogP contribution in [-0.2, 0) is 35.1 Å². The molecule has 3 atom stereocenters. The zero-order chi connectivity index (χ0) is 36.9. The lowest BCUT2D eigenvalue weighted by Gasteiger charge is -2.36. The number of nitrogens with one attached hydrogen (secondary N) is 2. The van der Waals surface area contributed by atoms with Crippen molar-refractivity contribution in [2.45, 2.75) is 130 Å². The Morgan fingerprint density at radius 3 is 2.04 bits per heavy atom. The molecule has 2 rings (SSSR count). The number of benzene rings is 2. The molecule has 2 aromatic carbocycles. The van der Waals surface area contributed by atoms with Crippen LogP contribution in [0.4, 0.5) is 4.79 Å². The first-order valence-electron chi connectivity index (χ1n) is 17.0. The first-order chi connectivity index (χ1) is 22.8. The molecule has 270 valence electrons. The summed E-state index contributed by atoms with van der Waals surface area (Å²) < 4.78 is 11.2. The van der Waals surface area contributed by atoms with E-state index in [1.165, 1.54) is 4.90 Å². The number of hydrogen-bond donors (Lipinski definition) is 3. The molecule has 49 heavy (non-hydrogen) atoms. The van der Waals surface area contributed by atoms with Crippen LogP contribution in [0.1, 0.15) is 109 Å². The normalized spacial score (nSPS) is 13.4. The van der Waals surface area contributed by atoms with Gasteiger partial charge in [-0.05, 0) is 84.9 Å². The molecule has 0 radical (unpaired) electrons. The van der Waals surface area contributed by atoms with Crippen LogP contribution in [0.3, 0.4) is 0 Å². The summed E-state index contributed by atoms with van der Waals surface area (Å²) in [5.74, 6) is -2.43. The van der Waals surface area contributed by atoms with E-state index in [2.05, 4.69) is 10.6 Å². The Morgan fingerprint density at radius 2 is 1.47 bits per heavy atom. The van der Waals surface area contributed by atoms with Crippen molar-refractivity contribution in [1.82, 2.24) is 15.5 Å². The van der Waals surface area contributed by atoms with Crippen molar-refractivity contribution >= 4 is 29.8 Å². The van der Waals surface area contributed by atoms with Crippen LogP contribution in [0.2, 0.25) is 0 Å². The minimum atomic E-state index is -1.23. The highest BCUT2D eigenvalue weighted by atomic mass is 16.6. The van der Waals surface area contributed by atoms with Crippen LogP contribution >= 0.6 is 0 Å². The zero-order valence-electron chi connectivity index (χ0n) is 30.7. The number of alkyl carbamates (subject to hydrolysis) is 1. The molecule has 11 nitrogen and oxygen atoms in total. The molecule has 0 heterocycles. The summed E-state index contributed by atoms with van der Waals surface area (Å²) >= 11 is 0. The van der Waals surface area contributed by atoms with Gasteiger partial charge in [0.2, 0.25) is 17.7 Å². The van der Waals surface area contributed by atoms with E-state index >= 15 is 0 Å². The van der Waals surface area contributed by atoms with Crippen molar-refractivity contribution in [3.8, 4) is 0 Å². The maximum atomic E-state index is 14.7. The van der Waals surface area contributed by atoms with Crippen LogP contribution in [-0.4, -0.2) is 64.5 Å². The van der Waals surface area contributed by atoms with E-state index in [4.69, 9.17) is 15.2 Å². The highest BCUT2D eigenvalue weighted by molar-refractivity contribution is 5.94. The number of hydrogen-bond acceptors (Lipinski definition) is 7. The monoisotopic (exact) mass is 680 g/mol. The van der Waals surface area contributed by atoms with E-state index < -0.39 is 59.1 Å². The summed E-state index contributed by atoms with van der Waals surface area (Å²) in [5, 5.41) is 5.55. The van der Waals surface area contributed by atoms with Crippen molar-refractivity contribution in [3.63, 3.8) is 0 Å². The van der Waals surface area contributed by atoms with E-state index in [9.17, 15) is 24.0 Å². The summed E-state index contributed by atoms with van der Waals surface area (Å²) in [6, 6.07) is 11.4. The number of rotatable bonds is 16. The fourth-order valence-corrected chi connectivity index (χ4v) is 5.26. The third-order valence-corrected chi connectivity index (χ3v) is 7.53. The van der Waals surface area contributed by atoms with E-state index in [1.807, 2.05) is 69.3 Å². The lowest BCUT2D eigenvalue weighted by molar-refractivity contribution is -0.159. The molecule has 11 heteroatoms. The summed E-state index contributed by atoms with van der Waals surface area (Å²) in [4.78, 5) is 69.0. The number of esters is 1. The number of amides is 4. The Kier molecular flexibility index (Phi) is 15.3. The minimum absolute atomic E-state index is 0.104. The molecule has 4 N–H and O–H groups in total. The smallest absolute Gasteiger partial charge is 0.408 e. The van der Waals surface area contributed by atoms with Crippen LogP contribution in [0.15, 0.2) is 48.5 Å². The predicted molar refractivity (Wildman–Crippen MR) is 189 cm³/mol. The summed E-state index contributed by atoms with van der Waals surface area (Å²) in [7, 11) is 0. The molecule has 0 saturated carbocycles. The Labute approximate surface area is 291 Å². The first-order valence-corrected chi connectivity index (χ1v) is 17.0. The Balaban J connectivity index is 2.69. The van der Waals surface area contributed by atoms with Gasteiger partial charge in [0.15, 0.2) is 0 Å². The summed E-state index contributed by atoms with van der Waals surface area (Å²) in [6.45, 7) is 16.3. The number of carbonyl (C=O) groups is 5. The predicted octanol–water partition coefficient (Wildman–Crippen LogP) is 5.59. The molecule has 0 aliphatic carbocycles. The fourth-order valence-electron chi connectivity index (χ4n) is 5.26. The first kappa shape index (κ1) is 40.8. The quantitative estimate of drug-likeness (QED) is 0.154. The topological polar surface area (TPSA) is 157 Å². The molecule has 0 saturated heterocycles. The molecular weight excluding hydrogens is 624 g/mol. The van der Waals surface area contributed by atoms with Gasteiger partial charge in [0.25, 0.3) is 0 Å². The molecule has 0 aliphatic rings. The maximum absolute atomic E-state index is 14.7. The Morgan fingerprint density at radius 1 is 0.837 bits per heavy atom. The molecule has 3 unspecified atom stereocenters. The second-order valence-electron chi connectivity index (χ2n) is 14.5. The van der Waals surface area contributed by atoms with Gasteiger partial charge in [0.05, 0.1) is 0 Å². The van der Waals surface area contributed by atoms with Crippen molar-refractivity contribution < 1.29 is 33.4 Å². The van der Waals surface area contributed by atoms with Gasteiger partial charge in [-0.2, -0.15) is 0 Å². The van der Waals surface area contributed by atoms with E-state index in [0.29, 0.717) is 12.0 Å². The van der Waals surface area contributed by atoms with Crippen LogP contribution in [0, 0.1) is 13.8 Å². The average Bonchev–Trinajstić information content (AvgIpc) is 2.98. The van der Waals surface area contributed by atoms with Gasteiger partial charge in [0, 0.05) is 19.4 Å². The molecule has 0 aromatic heterocycles. The van der Waals surface area contributed by atoms with E-state index in [-0.39, 0.29) is 25.8 Å². The number of primary amides is 1. The van der Waals surface area contributed by atoms with Gasteiger partial charge in [-0.3, -0.25) is 14.4 Å². The number of unbranched alkanes of at least 4 members (excludes halogenated alkanes) is 2. The average molecular weight is 681 g/mol. The van der Waals surface area contributed by atoms with Crippen molar-refractivity contribution in [2.24, 2.45) is 5.73 Å². The zero-order valence-corrected chi connectivity index (χ0v) is 30.7. The largest absolute Gasteiger partial charge is 0.458 e. The Bertz CT molecular complexity index is 1430. The molecule has 4 amide bonds. The van der Waals surface area contributed by atoms with Gasteiger partial charge in [-0.1, -0.05) is 73.9 Å². The second-order valence-corrected chi connectivity index (χ2v) is 14.5. The van der Waals surface area contributed by atoms with Gasteiger partial charge in [0.1, 0.15) is 29.3 Å². The van der Waals surface area contributed by atoms with Crippen molar-refractivity contribution in [2.75, 3.05) is 6.54 Å². The van der Waals surface area contributed by atoms with Gasteiger partial charge >= 0.3 is 12.1 Å². The molecule has 0 aliphatic heterocycles. The molecule has 2 aromatic rings. The molecular formula is C38H56N4O7. The summed E-state index contributed by atoms with van der Waals surface area (Å²) in [5.41, 5.74) is 6.79. The lowest BCUT2D eigenvalue weighted by Crippen LogP contribution is -2.55. The van der Waals surface area contributed by atoms with Crippen molar-refractivity contribution in [3.05, 3.63) is 70.8 Å². The van der Waals surface area contributed by atoms with Crippen LogP contribution in [0.5, 0.6) is 0 Å².